The smallest absolute Gasteiger partial charge is 0.264 e. The van der Waals surface area contributed by atoms with Crippen LogP contribution in [0.4, 0.5) is 8.78 Å². The van der Waals surface area contributed by atoms with Crippen LogP contribution >= 0.6 is 0 Å². The van der Waals surface area contributed by atoms with Gasteiger partial charge in [-0.25, -0.2) is 13.8 Å². The minimum atomic E-state index is -1.37. The lowest BCUT2D eigenvalue weighted by Gasteiger charge is -2.33. The molecule has 0 amide bonds. The number of halogens is 2. The highest BCUT2D eigenvalue weighted by Crippen LogP contribution is 2.38. The first-order chi connectivity index (χ1) is 12.8. The van der Waals surface area contributed by atoms with Crippen LogP contribution in [0.2, 0.25) is 0 Å². The Morgan fingerprint density at radius 1 is 1.52 bits per heavy atom. The molecular weight excluding hydrogens is 348 g/mol. The highest BCUT2D eigenvalue weighted by atomic mass is 19.1. The number of fused-ring (bicyclic) bond motifs is 2. The summed E-state index contributed by atoms with van der Waals surface area (Å²) in [6.07, 6.45) is 0.911. The summed E-state index contributed by atoms with van der Waals surface area (Å²) in [5.74, 6) is 5.03. The minimum absolute atomic E-state index is 0.0544. The number of nitrogens with zero attached hydrogens (tertiary/aromatic N) is 3. The van der Waals surface area contributed by atoms with Gasteiger partial charge < -0.3 is 0 Å². The number of hydrogen-bond acceptors (Lipinski definition) is 3. The molecule has 1 aliphatic heterocycles. The Labute approximate surface area is 156 Å². The summed E-state index contributed by atoms with van der Waals surface area (Å²) < 4.78 is 30.5. The molecular formula is C21H21F2N3O. The molecule has 140 valence electrons. The first-order valence-electron chi connectivity index (χ1n) is 8.83. The first kappa shape index (κ1) is 19.0. The fraction of sp³-hybridized carbons (Fsp3) is 0.381. The lowest BCUT2D eigenvalue weighted by atomic mass is 9.84. The summed E-state index contributed by atoms with van der Waals surface area (Å²) in [6.45, 7) is 9.49. The van der Waals surface area contributed by atoms with Gasteiger partial charge in [0, 0.05) is 18.3 Å². The maximum Gasteiger partial charge on any atom is 0.264 e. The van der Waals surface area contributed by atoms with Crippen LogP contribution in [0.1, 0.15) is 51.2 Å². The fourth-order valence-electron chi connectivity index (χ4n) is 3.31. The fourth-order valence-corrected chi connectivity index (χ4v) is 3.31. The molecule has 0 saturated heterocycles. The number of hydrogen-bond donors (Lipinski definition) is 0. The maximum atomic E-state index is 14.7. The van der Waals surface area contributed by atoms with Gasteiger partial charge >= 0.3 is 0 Å². The molecule has 1 unspecified atom stereocenters. The van der Waals surface area contributed by atoms with E-state index in [0.29, 0.717) is 24.2 Å². The Bertz CT molecular complexity index is 1070. The zero-order chi connectivity index (χ0) is 19.8. The zero-order valence-corrected chi connectivity index (χ0v) is 15.6. The van der Waals surface area contributed by atoms with Gasteiger partial charge in [-0.3, -0.25) is 14.4 Å². The number of rotatable bonds is 2. The van der Waals surface area contributed by atoms with E-state index in [1.165, 1.54) is 22.9 Å². The van der Waals surface area contributed by atoms with E-state index in [4.69, 9.17) is 0 Å². The van der Waals surface area contributed by atoms with Gasteiger partial charge in [0.15, 0.2) is 6.17 Å². The average molecular weight is 369 g/mol. The van der Waals surface area contributed by atoms with Crippen molar-refractivity contribution in [3.05, 3.63) is 52.5 Å². The molecule has 0 N–H and O–H groups in total. The number of benzene rings is 1. The molecule has 1 aromatic heterocycles. The summed E-state index contributed by atoms with van der Waals surface area (Å²) in [6, 6.07) is 2.72. The lowest BCUT2D eigenvalue weighted by molar-refractivity contribution is 0.137. The molecule has 4 nitrogen and oxygen atoms in total. The lowest BCUT2D eigenvalue weighted by Crippen LogP contribution is -2.38. The van der Waals surface area contributed by atoms with Crippen molar-refractivity contribution < 1.29 is 8.78 Å². The second-order valence-electron chi connectivity index (χ2n) is 7.41. The van der Waals surface area contributed by atoms with Crippen LogP contribution in [-0.2, 0) is 6.54 Å². The van der Waals surface area contributed by atoms with Crippen LogP contribution in [0.5, 0.6) is 0 Å². The first-order valence-corrected chi connectivity index (χ1v) is 8.83. The van der Waals surface area contributed by atoms with Gasteiger partial charge in [-0.1, -0.05) is 33.3 Å². The molecule has 3 rings (SSSR count). The molecule has 2 aromatic rings. The Balaban J connectivity index is 2.18. The van der Waals surface area contributed by atoms with E-state index < -0.39 is 23.0 Å². The van der Waals surface area contributed by atoms with Gasteiger partial charge in [0.05, 0.1) is 11.2 Å². The Kier molecular flexibility index (Phi) is 4.97. The molecule has 27 heavy (non-hydrogen) atoms. The van der Waals surface area contributed by atoms with Crippen molar-refractivity contribution in [2.24, 2.45) is 10.4 Å². The molecule has 0 saturated carbocycles. The van der Waals surface area contributed by atoms with Gasteiger partial charge in [-0.15, -0.1) is 0 Å². The van der Waals surface area contributed by atoms with Crippen molar-refractivity contribution in [3.8, 4) is 11.8 Å². The second-order valence-corrected chi connectivity index (χ2v) is 7.41. The van der Waals surface area contributed by atoms with E-state index in [-0.39, 0.29) is 23.1 Å². The van der Waals surface area contributed by atoms with Crippen LogP contribution in [0.25, 0.3) is 10.9 Å². The number of aliphatic imine (C=N–C) groups is 1. The van der Waals surface area contributed by atoms with E-state index in [2.05, 4.69) is 28.4 Å². The number of alkyl halides is 1. The minimum Gasteiger partial charge on any atom is -0.293 e. The van der Waals surface area contributed by atoms with Crippen molar-refractivity contribution >= 4 is 16.6 Å². The third-order valence-electron chi connectivity index (χ3n) is 4.57. The van der Waals surface area contributed by atoms with Crippen molar-refractivity contribution in [2.75, 3.05) is 0 Å². The molecule has 1 aromatic carbocycles. The number of aromatic nitrogens is 2. The Hall–Kier alpha value is -2.81. The summed E-state index contributed by atoms with van der Waals surface area (Å²) in [4.78, 5) is 21.1. The second kappa shape index (κ2) is 7.07. The van der Waals surface area contributed by atoms with Crippen LogP contribution in [0, 0.1) is 23.1 Å². The predicted molar refractivity (Wildman–Crippen MR) is 103 cm³/mol. The largest absolute Gasteiger partial charge is 0.293 e. The third kappa shape index (κ3) is 3.68. The molecule has 0 aliphatic carbocycles. The molecule has 1 atom stereocenters. The standard InChI is InChI=1S/C21H21F2N3O/c1-5-14(24-6-2)8-7-13-9-15(22)18-17(10-13)25-19-16(23)11-21(3,4)12-26(19)20(18)27/h6,9-10,16H,2,5,11-12H2,1,3-4H3/b24-14+. The van der Waals surface area contributed by atoms with Gasteiger partial charge in [-0.05, 0) is 36.3 Å². The SMILES string of the molecule is C=C/N=C(/C#Cc1cc(F)c2c(=O)n3c(nc2c1)C(F)CC(C)(C)C3)CC. The monoisotopic (exact) mass is 369 g/mol. The van der Waals surface area contributed by atoms with Gasteiger partial charge in [0.25, 0.3) is 5.56 Å². The molecule has 0 spiro atoms. The predicted octanol–water partition coefficient (Wildman–Crippen LogP) is 4.32. The van der Waals surface area contributed by atoms with Crippen LogP contribution in [0.15, 0.2) is 34.7 Å². The van der Waals surface area contributed by atoms with E-state index in [9.17, 15) is 13.6 Å². The van der Waals surface area contributed by atoms with Gasteiger partial charge in [-0.2, -0.15) is 0 Å². The van der Waals surface area contributed by atoms with E-state index in [0.717, 1.165) is 0 Å². The summed E-state index contributed by atoms with van der Waals surface area (Å²) >= 11 is 0. The van der Waals surface area contributed by atoms with Gasteiger partial charge in [0.2, 0.25) is 0 Å². The average Bonchev–Trinajstić information content (AvgIpc) is 2.59. The van der Waals surface area contributed by atoms with Crippen molar-refractivity contribution in [3.63, 3.8) is 0 Å². The Morgan fingerprint density at radius 3 is 2.93 bits per heavy atom. The zero-order valence-electron chi connectivity index (χ0n) is 15.6. The Morgan fingerprint density at radius 2 is 2.26 bits per heavy atom. The van der Waals surface area contributed by atoms with Crippen LogP contribution in [0.3, 0.4) is 0 Å². The molecule has 0 fully saturated rings. The van der Waals surface area contributed by atoms with E-state index in [1.54, 1.807) is 0 Å². The van der Waals surface area contributed by atoms with Crippen LogP contribution in [-0.4, -0.2) is 15.3 Å². The molecule has 6 heteroatoms. The highest BCUT2D eigenvalue weighted by Gasteiger charge is 2.35. The van der Waals surface area contributed by atoms with Crippen molar-refractivity contribution in [1.82, 2.24) is 9.55 Å². The highest BCUT2D eigenvalue weighted by molar-refractivity contribution is 6.01. The van der Waals surface area contributed by atoms with Gasteiger partial charge in [0.1, 0.15) is 17.0 Å². The molecule has 0 radical (unpaired) electrons. The normalized spacial score (nSPS) is 18.6. The van der Waals surface area contributed by atoms with Crippen LogP contribution < -0.4 is 5.56 Å². The summed E-state index contributed by atoms with van der Waals surface area (Å²) in [7, 11) is 0. The summed E-state index contributed by atoms with van der Waals surface area (Å²) in [5, 5.41) is -0.135. The summed E-state index contributed by atoms with van der Waals surface area (Å²) in [5.41, 5.74) is 0.138. The maximum absolute atomic E-state index is 14.7. The van der Waals surface area contributed by atoms with E-state index in [1.807, 2.05) is 20.8 Å². The van der Waals surface area contributed by atoms with E-state index >= 15 is 0 Å². The van der Waals surface area contributed by atoms with Crippen molar-refractivity contribution in [1.29, 1.82) is 0 Å². The van der Waals surface area contributed by atoms with Crippen molar-refractivity contribution in [2.45, 2.75) is 46.3 Å². The third-order valence-corrected chi connectivity index (χ3v) is 4.57. The molecule has 1 aliphatic rings. The molecule has 2 heterocycles. The molecule has 0 bridgehead atoms. The quantitative estimate of drug-likeness (QED) is 0.585. The topological polar surface area (TPSA) is 47.2 Å².